The Kier molecular flexibility index (Phi) is 3.65. The third kappa shape index (κ3) is 2.84. The number of nitrogens with zero attached hydrogens (tertiary/aromatic N) is 1. The summed E-state index contributed by atoms with van der Waals surface area (Å²) in [5, 5.41) is 17.5. The SMILES string of the molecule is COc1ccc([N+](=O)[O-])cc1OCC(=N)N. The van der Waals surface area contributed by atoms with Crippen molar-refractivity contribution in [2.24, 2.45) is 5.73 Å². The number of nitro groups is 1. The Morgan fingerprint density at radius 2 is 2.25 bits per heavy atom. The van der Waals surface area contributed by atoms with Gasteiger partial charge in [-0.05, 0) is 6.07 Å². The first kappa shape index (κ1) is 11.8. The van der Waals surface area contributed by atoms with Crippen molar-refractivity contribution in [3.8, 4) is 11.5 Å². The molecule has 0 aromatic heterocycles. The van der Waals surface area contributed by atoms with Crippen LogP contribution in [0.5, 0.6) is 11.5 Å². The molecule has 0 saturated heterocycles. The highest BCUT2D eigenvalue weighted by Crippen LogP contribution is 2.30. The first-order valence-electron chi connectivity index (χ1n) is 4.32. The molecule has 0 aliphatic carbocycles. The summed E-state index contributed by atoms with van der Waals surface area (Å²) in [5.41, 5.74) is 5.00. The number of hydrogen-bond donors (Lipinski definition) is 2. The Labute approximate surface area is 91.4 Å². The fourth-order valence-corrected chi connectivity index (χ4v) is 1.05. The number of rotatable bonds is 5. The average Bonchev–Trinajstić information content (AvgIpc) is 2.25. The van der Waals surface area contributed by atoms with Gasteiger partial charge in [-0.2, -0.15) is 0 Å². The van der Waals surface area contributed by atoms with E-state index in [1.807, 2.05) is 0 Å². The van der Waals surface area contributed by atoms with Crippen molar-refractivity contribution >= 4 is 11.5 Å². The van der Waals surface area contributed by atoms with Crippen molar-refractivity contribution in [3.05, 3.63) is 28.3 Å². The van der Waals surface area contributed by atoms with Crippen LogP contribution < -0.4 is 15.2 Å². The summed E-state index contributed by atoms with van der Waals surface area (Å²) in [6.45, 7) is -0.141. The molecule has 1 rings (SSSR count). The van der Waals surface area contributed by atoms with E-state index in [1.165, 1.54) is 25.3 Å². The number of nitrogens with two attached hydrogens (primary N) is 1. The van der Waals surface area contributed by atoms with E-state index in [1.54, 1.807) is 0 Å². The minimum Gasteiger partial charge on any atom is -0.493 e. The maximum atomic E-state index is 10.5. The number of hydrogen-bond acceptors (Lipinski definition) is 5. The van der Waals surface area contributed by atoms with Gasteiger partial charge in [0.25, 0.3) is 5.69 Å². The van der Waals surface area contributed by atoms with Crippen LogP contribution >= 0.6 is 0 Å². The topological polar surface area (TPSA) is 111 Å². The lowest BCUT2D eigenvalue weighted by atomic mass is 10.3. The number of methoxy groups -OCH3 is 1. The minimum absolute atomic E-state index is 0.112. The van der Waals surface area contributed by atoms with E-state index < -0.39 is 4.92 Å². The Bertz CT molecular complexity index is 419. The maximum Gasteiger partial charge on any atom is 0.273 e. The van der Waals surface area contributed by atoms with E-state index in [4.69, 9.17) is 20.6 Å². The van der Waals surface area contributed by atoms with Gasteiger partial charge < -0.3 is 15.2 Å². The van der Waals surface area contributed by atoms with Crippen molar-refractivity contribution in [2.75, 3.05) is 13.7 Å². The van der Waals surface area contributed by atoms with Gasteiger partial charge in [0.2, 0.25) is 0 Å². The molecule has 0 heterocycles. The van der Waals surface area contributed by atoms with Crippen LogP contribution in [0.25, 0.3) is 0 Å². The standard InChI is InChI=1S/C9H11N3O4/c1-15-7-3-2-6(12(13)14)4-8(7)16-5-9(10)11/h2-4H,5H2,1H3,(H3,10,11). The Hall–Kier alpha value is -2.31. The summed E-state index contributed by atoms with van der Waals surface area (Å²) in [4.78, 5) is 9.99. The third-order valence-corrected chi connectivity index (χ3v) is 1.74. The zero-order chi connectivity index (χ0) is 12.1. The van der Waals surface area contributed by atoms with Gasteiger partial charge in [0.1, 0.15) is 12.4 Å². The average molecular weight is 225 g/mol. The quantitative estimate of drug-likeness (QED) is 0.335. The molecule has 0 amide bonds. The molecule has 0 atom stereocenters. The Balaban J connectivity index is 2.97. The fraction of sp³-hybridized carbons (Fsp3) is 0.222. The lowest BCUT2D eigenvalue weighted by Gasteiger charge is -2.09. The van der Waals surface area contributed by atoms with Crippen molar-refractivity contribution < 1.29 is 14.4 Å². The fourth-order valence-electron chi connectivity index (χ4n) is 1.05. The molecule has 1 aromatic carbocycles. The smallest absolute Gasteiger partial charge is 0.273 e. The Morgan fingerprint density at radius 1 is 1.56 bits per heavy atom. The maximum absolute atomic E-state index is 10.5. The van der Waals surface area contributed by atoms with Gasteiger partial charge in [-0.15, -0.1) is 0 Å². The molecule has 7 nitrogen and oxygen atoms in total. The molecule has 0 saturated carbocycles. The molecule has 1 aromatic rings. The minimum atomic E-state index is -0.542. The lowest BCUT2D eigenvalue weighted by molar-refractivity contribution is -0.385. The van der Waals surface area contributed by atoms with Crippen LogP contribution in [0.15, 0.2) is 18.2 Å². The monoisotopic (exact) mass is 225 g/mol. The summed E-state index contributed by atoms with van der Waals surface area (Å²) in [7, 11) is 1.42. The molecule has 7 heteroatoms. The molecular weight excluding hydrogens is 214 g/mol. The van der Waals surface area contributed by atoms with Crippen LogP contribution in [-0.2, 0) is 0 Å². The number of ether oxygens (including phenoxy) is 2. The van der Waals surface area contributed by atoms with Gasteiger partial charge in [0.15, 0.2) is 11.5 Å². The lowest BCUT2D eigenvalue weighted by Crippen LogP contribution is -2.19. The number of non-ortho nitro benzene ring substituents is 1. The second-order valence-electron chi connectivity index (χ2n) is 2.91. The molecule has 0 aliphatic heterocycles. The van der Waals surface area contributed by atoms with Gasteiger partial charge >= 0.3 is 0 Å². The Morgan fingerprint density at radius 3 is 2.75 bits per heavy atom. The van der Waals surface area contributed by atoms with Crippen LogP contribution in [0.2, 0.25) is 0 Å². The molecule has 16 heavy (non-hydrogen) atoms. The molecule has 0 unspecified atom stereocenters. The number of benzene rings is 1. The molecule has 0 aliphatic rings. The molecule has 0 fully saturated rings. The molecule has 0 bridgehead atoms. The number of amidine groups is 1. The molecule has 86 valence electrons. The van der Waals surface area contributed by atoms with Gasteiger partial charge in [0.05, 0.1) is 18.1 Å². The van der Waals surface area contributed by atoms with E-state index in [2.05, 4.69) is 0 Å². The van der Waals surface area contributed by atoms with E-state index in [-0.39, 0.29) is 23.9 Å². The molecular formula is C9H11N3O4. The van der Waals surface area contributed by atoms with E-state index >= 15 is 0 Å². The molecule has 0 spiro atoms. The first-order valence-corrected chi connectivity index (χ1v) is 4.32. The second kappa shape index (κ2) is 4.96. The number of nitrogens with one attached hydrogen (secondary N) is 1. The van der Waals surface area contributed by atoms with Gasteiger partial charge in [-0.25, -0.2) is 0 Å². The highest BCUT2D eigenvalue weighted by molar-refractivity contribution is 5.78. The first-order chi connectivity index (χ1) is 7.54. The zero-order valence-electron chi connectivity index (χ0n) is 8.60. The van der Waals surface area contributed by atoms with Crippen LogP contribution in [-0.4, -0.2) is 24.5 Å². The van der Waals surface area contributed by atoms with Crippen LogP contribution in [0.3, 0.4) is 0 Å². The zero-order valence-corrected chi connectivity index (χ0v) is 8.60. The predicted octanol–water partition coefficient (Wildman–Crippen LogP) is 0.918. The largest absolute Gasteiger partial charge is 0.493 e. The third-order valence-electron chi connectivity index (χ3n) is 1.74. The van der Waals surface area contributed by atoms with E-state index in [0.29, 0.717) is 5.75 Å². The van der Waals surface area contributed by atoms with Crippen LogP contribution in [0.1, 0.15) is 0 Å². The predicted molar refractivity (Wildman–Crippen MR) is 57.1 cm³/mol. The van der Waals surface area contributed by atoms with Crippen molar-refractivity contribution in [2.45, 2.75) is 0 Å². The summed E-state index contributed by atoms with van der Waals surface area (Å²) in [6.07, 6.45) is 0. The van der Waals surface area contributed by atoms with E-state index in [9.17, 15) is 10.1 Å². The molecule has 0 radical (unpaired) electrons. The summed E-state index contributed by atoms with van der Waals surface area (Å²) < 4.78 is 10.1. The van der Waals surface area contributed by atoms with Gasteiger partial charge in [-0.3, -0.25) is 15.5 Å². The van der Waals surface area contributed by atoms with E-state index in [0.717, 1.165) is 0 Å². The van der Waals surface area contributed by atoms with Crippen molar-refractivity contribution in [1.82, 2.24) is 0 Å². The summed E-state index contributed by atoms with van der Waals surface area (Å²) in [5.74, 6) is 0.368. The highest BCUT2D eigenvalue weighted by Gasteiger charge is 2.12. The van der Waals surface area contributed by atoms with Crippen molar-refractivity contribution in [3.63, 3.8) is 0 Å². The van der Waals surface area contributed by atoms with Crippen LogP contribution in [0, 0.1) is 15.5 Å². The van der Waals surface area contributed by atoms with Gasteiger partial charge in [0, 0.05) is 6.07 Å². The highest BCUT2D eigenvalue weighted by atomic mass is 16.6. The number of nitro benzene ring substituents is 1. The van der Waals surface area contributed by atoms with Crippen molar-refractivity contribution in [1.29, 1.82) is 5.41 Å². The second-order valence-corrected chi connectivity index (χ2v) is 2.91. The summed E-state index contributed by atoms with van der Waals surface area (Å²) >= 11 is 0. The van der Waals surface area contributed by atoms with Crippen LogP contribution in [0.4, 0.5) is 5.69 Å². The molecule has 3 N–H and O–H groups in total. The summed E-state index contributed by atoms with van der Waals surface area (Å²) in [6, 6.07) is 3.95. The normalized spacial score (nSPS) is 9.56. The van der Waals surface area contributed by atoms with Gasteiger partial charge in [-0.1, -0.05) is 0 Å².